The van der Waals surface area contributed by atoms with Crippen LogP contribution in [0.25, 0.3) is 0 Å². The Morgan fingerprint density at radius 3 is 2.69 bits per heavy atom. The predicted molar refractivity (Wildman–Crippen MR) is 56.5 cm³/mol. The first-order valence-electron chi connectivity index (χ1n) is 5.03. The Morgan fingerprint density at radius 1 is 1.62 bits per heavy atom. The second kappa shape index (κ2) is 5.09. The molecule has 1 amide bonds. The van der Waals surface area contributed by atoms with Crippen LogP contribution in [0, 0.1) is 5.92 Å². The number of nitrogens with two attached hydrogens (primary N) is 1. The van der Waals surface area contributed by atoms with Crippen LogP contribution >= 0.6 is 0 Å². The normalized spacial score (nSPS) is 29.4. The second-order valence-electron chi connectivity index (χ2n) is 3.95. The van der Waals surface area contributed by atoms with Crippen LogP contribution in [0.2, 0.25) is 0 Å². The van der Waals surface area contributed by atoms with Crippen molar-refractivity contribution < 1.29 is 19.8 Å². The van der Waals surface area contributed by atoms with Gasteiger partial charge in [0.05, 0.1) is 6.04 Å². The molecule has 5 N–H and O–H groups in total. The number of hydrogen-bond donors (Lipinski definition) is 4. The third-order valence-electron chi connectivity index (χ3n) is 2.68. The van der Waals surface area contributed by atoms with E-state index in [-0.39, 0.29) is 30.4 Å². The molecule has 3 atom stereocenters. The summed E-state index contributed by atoms with van der Waals surface area (Å²) in [6.45, 7) is 1.15. The van der Waals surface area contributed by atoms with E-state index < -0.39 is 18.1 Å². The van der Waals surface area contributed by atoms with Crippen molar-refractivity contribution in [2.24, 2.45) is 11.7 Å². The maximum atomic E-state index is 10.9. The van der Waals surface area contributed by atoms with Gasteiger partial charge < -0.3 is 21.3 Å². The zero-order valence-electron chi connectivity index (χ0n) is 9.01. The molecular formula is C10H16N2O4. The van der Waals surface area contributed by atoms with Gasteiger partial charge in [0, 0.05) is 31.1 Å². The summed E-state index contributed by atoms with van der Waals surface area (Å²) in [6, 6.07) is -0.994. The predicted octanol–water partition coefficient (Wildman–Crippen LogP) is -1.16. The number of rotatable bonds is 3. The highest BCUT2D eigenvalue weighted by Crippen LogP contribution is 2.24. The van der Waals surface area contributed by atoms with Gasteiger partial charge in [0.15, 0.2) is 0 Å². The van der Waals surface area contributed by atoms with Gasteiger partial charge in [-0.25, -0.2) is 4.79 Å². The molecule has 0 unspecified atom stereocenters. The van der Waals surface area contributed by atoms with Crippen LogP contribution in [0.15, 0.2) is 11.6 Å². The summed E-state index contributed by atoms with van der Waals surface area (Å²) in [5.41, 5.74) is 5.94. The zero-order chi connectivity index (χ0) is 12.3. The van der Waals surface area contributed by atoms with Gasteiger partial charge >= 0.3 is 5.97 Å². The van der Waals surface area contributed by atoms with Crippen LogP contribution in [-0.4, -0.2) is 40.8 Å². The monoisotopic (exact) mass is 228 g/mol. The van der Waals surface area contributed by atoms with Gasteiger partial charge in [-0.3, -0.25) is 4.79 Å². The highest BCUT2D eigenvalue weighted by atomic mass is 16.4. The van der Waals surface area contributed by atoms with Crippen molar-refractivity contribution in [3.05, 3.63) is 11.6 Å². The van der Waals surface area contributed by atoms with E-state index >= 15 is 0 Å². The van der Waals surface area contributed by atoms with Crippen molar-refractivity contribution in [1.82, 2.24) is 5.32 Å². The number of nitrogens with one attached hydrogen (secondary N) is 1. The van der Waals surface area contributed by atoms with Crippen molar-refractivity contribution in [3.8, 4) is 0 Å². The molecule has 0 bridgehead atoms. The number of aliphatic hydroxyl groups excluding tert-OH is 1. The van der Waals surface area contributed by atoms with Gasteiger partial charge in [-0.15, -0.1) is 0 Å². The van der Waals surface area contributed by atoms with Gasteiger partial charge in [0.25, 0.3) is 0 Å². The maximum absolute atomic E-state index is 10.9. The lowest BCUT2D eigenvalue weighted by molar-refractivity contribution is -0.133. The largest absolute Gasteiger partial charge is 0.478 e. The molecule has 6 heteroatoms. The number of carbonyl (C=O) groups excluding carboxylic acids is 1. The molecule has 16 heavy (non-hydrogen) atoms. The van der Waals surface area contributed by atoms with E-state index in [9.17, 15) is 9.59 Å². The fourth-order valence-electron chi connectivity index (χ4n) is 1.91. The summed E-state index contributed by atoms with van der Waals surface area (Å²) in [5, 5.41) is 20.6. The van der Waals surface area contributed by atoms with E-state index in [2.05, 4.69) is 5.32 Å². The molecule has 0 spiro atoms. The third-order valence-corrected chi connectivity index (χ3v) is 2.68. The maximum Gasteiger partial charge on any atom is 0.331 e. The first-order chi connectivity index (χ1) is 7.45. The van der Waals surface area contributed by atoms with E-state index in [1.807, 2.05) is 0 Å². The molecule has 0 heterocycles. The zero-order valence-corrected chi connectivity index (χ0v) is 9.01. The summed E-state index contributed by atoms with van der Waals surface area (Å²) >= 11 is 0. The Morgan fingerprint density at radius 2 is 2.25 bits per heavy atom. The highest BCUT2D eigenvalue weighted by molar-refractivity contribution is 5.87. The molecule has 0 aliphatic heterocycles. The van der Waals surface area contributed by atoms with E-state index in [4.69, 9.17) is 15.9 Å². The van der Waals surface area contributed by atoms with Crippen LogP contribution in [0.3, 0.4) is 0 Å². The number of hydrogen-bond acceptors (Lipinski definition) is 4. The molecule has 6 nitrogen and oxygen atoms in total. The molecule has 1 rings (SSSR count). The molecule has 1 aliphatic rings. The standard InChI is InChI=1S/C10H16N2O4/c1-5(14)12-9-7(4-13)2-6(10(15)16)3-8(9)11/h3,7-9,13H,2,4,11H2,1H3,(H,12,14)(H,15,16)/t7-,8-,9-/m0/s1. The van der Waals surface area contributed by atoms with E-state index in [1.54, 1.807) is 0 Å². The lowest BCUT2D eigenvalue weighted by Gasteiger charge is -2.33. The van der Waals surface area contributed by atoms with Crippen molar-refractivity contribution in [1.29, 1.82) is 0 Å². The molecule has 0 saturated carbocycles. The summed E-state index contributed by atoms with van der Waals surface area (Å²) < 4.78 is 0. The Bertz CT molecular complexity index is 327. The fraction of sp³-hybridized carbons (Fsp3) is 0.600. The number of aliphatic hydroxyl groups is 1. The molecule has 0 saturated heterocycles. The summed E-state index contributed by atoms with van der Waals surface area (Å²) in [7, 11) is 0. The van der Waals surface area contributed by atoms with E-state index in [0.29, 0.717) is 0 Å². The Kier molecular flexibility index (Phi) is 4.03. The smallest absolute Gasteiger partial charge is 0.331 e. The lowest BCUT2D eigenvalue weighted by Crippen LogP contribution is -2.53. The van der Waals surface area contributed by atoms with E-state index in [0.717, 1.165) is 0 Å². The number of carboxylic acid groups (broad SMARTS) is 1. The van der Waals surface area contributed by atoms with Crippen molar-refractivity contribution >= 4 is 11.9 Å². The van der Waals surface area contributed by atoms with Gasteiger partial charge in [-0.1, -0.05) is 6.08 Å². The molecule has 90 valence electrons. The van der Waals surface area contributed by atoms with Gasteiger partial charge in [-0.2, -0.15) is 0 Å². The summed E-state index contributed by atoms with van der Waals surface area (Å²) in [6.07, 6.45) is 1.64. The van der Waals surface area contributed by atoms with Crippen LogP contribution in [-0.2, 0) is 9.59 Å². The first kappa shape index (κ1) is 12.7. The third kappa shape index (κ3) is 2.80. The minimum Gasteiger partial charge on any atom is -0.478 e. The molecule has 0 radical (unpaired) electrons. The van der Waals surface area contributed by atoms with Crippen LogP contribution in [0.4, 0.5) is 0 Å². The minimum atomic E-state index is -1.03. The Balaban J connectivity index is 2.86. The van der Waals surface area contributed by atoms with Crippen molar-refractivity contribution in [2.75, 3.05) is 6.61 Å². The average Bonchev–Trinajstić information content (AvgIpc) is 2.19. The Labute approximate surface area is 93.1 Å². The van der Waals surface area contributed by atoms with Gasteiger partial charge in [0.2, 0.25) is 5.91 Å². The van der Waals surface area contributed by atoms with Crippen LogP contribution in [0.1, 0.15) is 13.3 Å². The molecule has 0 aromatic heterocycles. The SMILES string of the molecule is CC(=O)N[C@H]1[C@H](CO)CC(C(=O)O)=C[C@@H]1N. The Hall–Kier alpha value is -1.40. The van der Waals surface area contributed by atoms with Gasteiger partial charge in [-0.05, 0) is 6.42 Å². The fourth-order valence-corrected chi connectivity index (χ4v) is 1.91. The van der Waals surface area contributed by atoms with Gasteiger partial charge in [0.1, 0.15) is 0 Å². The topological polar surface area (TPSA) is 113 Å². The minimum absolute atomic E-state index is 0.188. The van der Waals surface area contributed by atoms with Crippen LogP contribution in [0.5, 0.6) is 0 Å². The molecule has 0 aromatic rings. The number of aliphatic carboxylic acids is 1. The number of carboxylic acids is 1. The van der Waals surface area contributed by atoms with Crippen LogP contribution < -0.4 is 11.1 Å². The summed E-state index contributed by atoms with van der Waals surface area (Å²) in [5.74, 6) is -1.63. The lowest BCUT2D eigenvalue weighted by atomic mass is 9.82. The quantitative estimate of drug-likeness (QED) is 0.487. The number of carbonyl (C=O) groups is 2. The second-order valence-corrected chi connectivity index (χ2v) is 3.95. The number of amides is 1. The molecule has 0 fully saturated rings. The summed E-state index contributed by atoms with van der Waals surface area (Å²) in [4.78, 5) is 21.7. The average molecular weight is 228 g/mol. The highest BCUT2D eigenvalue weighted by Gasteiger charge is 2.33. The molecule has 0 aromatic carbocycles. The first-order valence-corrected chi connectivity index (χ1v) is 5.03. The molecular weight excluding hydrogens is 212 g/mol. The van der Waals surface area contributed by atoms with Crippen molar-refractivity contribution in [3.63, 3.8) is 0 Å². The van der Waals surface area contributed by atoms with Crippen molar-refractivity contribution in [2.45, 2.75) is 25.4 Å². The van der Waals surface area contributed by atoms with E-state index in [1.165, 1.54) is 13.0 Å². The molecule has 1 aliphatic carbocycles.